The van der Waals surface area contributed by atoms with Crippen LogP contribution in [0.15, 0.2) is 23.5 Å². The van der Waals surface area contributed by atoms with Crippen LogP contribution in [0.3, 0.4) is 0 Å². The molecule has 25 heavy (non-hydrogen) atoms. The highest BCUT2D eigenvalue weighted by Crippen LogP contribution is 2.20. The second-order valence-corrected chi connectivity index (χ2v) is 7.40. The van der Waals surface area contributed by atoms with Crippen molar-refractivity contribution in [1.82, 2.24) is 20.1 Å². The van der Waals surface area contributed by atoms with E-state index in [1.54, 1.807) is 0 Å². The molecule has 2 fully saturated rings. The fourth-order valence-electron chi connectivity index (χ4n) is 4.00. The molecule has 0 spiro atoms. The van der Waals surface area contributed by atoms with Crippen LogP contribution >= 0.6 is 0 Å². The van der Waals surface area contributed by atoms with Crippen molar-refractivity contribution in [2.24, 2.45) is 10.9 Å². The van der Waals surface area contributed by atoms with E-state index < -0.39 is 0 Å². The predicted molar refractivity (Wildman–Crippen MR) is 104 cm³/mol. The number of aliphatic imine (C=N–C) groups is 1. The largest absolute Gasteiger partial charge is 0.357 e. The predicted octanol–water partition coefficient (Wildman–Crippen LogP) is 2.32. The van der Waals surface area contributed by atoms with Crippen molar-refractivity contribution in [3.8, 4) is 0 Å². The second kappa shape index (κ2) is 9.18. The number of nitrogens with one attached hydrogen (secondary N) is 1. The van der Waals surface area contributed by atoms with Gasteiger partial charge in [-0.15, -0.1) is 0 Å². The minimum Gasteiger partial charge on any atom is -0.357 e. The van der Waals surface area contributed by atoms with Gasteiger partial charge in [-0.1, -0.05) is 0 Å². The van der Waals surface area contributed by atoms with Gasteiger partial charge in [0.2, 0.25) is 0 Å². The maximum Gasteiger partial charge on any atom is 0.193 e. The van der Waals surface area contributed by atoms with Gasteiger partial charge in [-0.25, -0.2) is 0 Å². The molecule has 3 rings (SSSR count). The van der Waals surface area contributed by atoms with Crippen LogP contribution in [0.1, 0.15) is 37.3 Å². The van der Waals surface area contributed by atoms with Crippen LogP contribution in [-0.2, 0) is 6.42 Å². The number of hydrogen-bond acceptors (Lipinski definition) is 3. The number of guanidine groups is 1. The van der Waals surface area contributed by atoms with E-state index in [4.69, 9.17) is 4.99 Å². The zero-order valence-electron chi connectivity index (χ0n) is 15.9. The monoisotopic (exact) mass is 343 g/mol. The molecule has 3 heterocycles. The summed E-state index contributed by atoms with van der Waals surface area (Å²) in [7, 11) is 0. The summed E-state index contributed by atoms with van der Waals surface area (Å²) < 4.78 is 0. The highest BCUT2D eigenvalue weighted by atomic mass is 15.3. The molecule has 1 atom stereocenters. The molecule has 5 heteroatoms. The summed E-state index contributed by atoms with van der Waals surface area (Å²) >= 11 is 0. The third kappa shape index (κ3) is 5.18. The Morgan fingerprint density at radius 1 is 1.32 bits per heavy atom. The van der Waals surface area contributed by atoms with E-state index >= 15 is 0 Å². The molecule has 0 aromatic carbocycles. The Labute approximate surface area is 152 Å². The van der Waals surface area contributed by atoms with Crippen LogP contribution in [0.5, 0.6) is 0 Å². The summed E-state index contributed by atoms with van der Waals surface area (Å²) in [6.45, 7) is 12.2. The molecule has 0 aliphatic carbocycles. The Morgan fingerprint density at radius 3 is 2.92 bits per heavy atom. The van der Waals surface area contributed by atoms with Gasteiger partial charge in [-0.05, 0) is 75.7 Å². The van der Waals surface area contributed by atoms with Crippen LogP contribution in [0.4, 0.5) is 0 Å². The quantitative estimate of drug-likeness (QED) is 0.636. The van der Waals surface area contributed by atoms with Gasteiger partial charge in [0.05, 0.1) is 0 Å². The minimum absolute atomic E-state index is 0.796. The van der Waals surface area contributed by atoms with Crippen molar-refractivity contribution in [2.45, 2.75) is 39.5 Å². The molecular formula is C20H33N5. The lowest BCUT2D eigenvalue weighted by atomic mass is 10.1. The van der Waals surface area contributed by atoms with E-state index in [0.717, 1.165) is 44.5 Å². The van der Waals surface area contributed by atoms with Crippen LogP contribution in [-0.4, -0.2) is 66.6 Å². The Hall–Kier alpha value is -1.62. The molecule has 1 N–H and O–H groups in total. The Balaban J connectivity index is 1.52. The van der Waals surface area contributed by atoms with Gasteiger partial charge < -0.3 is 15.1 Å². The normalized spacial score (nSPS) is 21.9. The summed E-state index contributed by atoms with van der Waals surface area (Å²) in [6.07, 6.45) is 8.86. The molecule has 1 aromatic rings. The van der Waals surface area contributed by atoms with Gasteiger partial charge in [-0.3, -0.25) is 9.98 Å². The first kappa shape index (κ1) is 18.2. The fourth-order valence-corrected chi connectivity index (χ4v) is 4.00. The number of pyridine rings is 1. The number of likely N-dealkylation sites (tertiary alicyclic amines) is 2. The Bertz CT molecular complexity index is 565. The van der Waals surface area contributed by atoms with Gasteiger partial charge in [0.25, 0.3) is 0 Å². The van der Waals surface area contributed by atoms with Gasteiger partial charge in [0, 0.05) is 45.1 Å². The average molecular weight is 344 g/mol. The van der Waals surface area contributed by atoms with Gasteiger partial charge in [0.15, 0.2) is 5.96 Å². The summed E-state index contributed by atoms with van der Waals surface area (Å²) in [5.74, 6) is 1.89. The number of aromatic nitrogens is 1. The maximum atomic E-state index is 4.90. The lowest BCUT2D eigenvalue weighted by Gasteiger charge is -2.23. The topological polar surface area (TPSA) is 43.8 Å². The van der Waals surface area contributed by atoms with Crippen molar-refractivity contribution < 1.29 is 0 Å². The molecular weight excluding hydrogens is 310 g/mol. The number of hydrogen-bond donors (Lipinski definition) is 1. The molecule has 5 nitrogen and oxygen atoms in total. The van der Waals surface area contributed by atoms with E-state index in [1.807, 2.05) is 12.4 Å². The van der Waals surface area contributed by atoms with Crippen molar-refractivity contribution in [3.05, 3.63) is 29.6 Å². The fraction of sp³-hybridized carbons (Fsp3) is 0.700. The summed E-state index contributed by atoms with van der Waals surface area (Å²) in [6, 6.07) is 2.11. The molecule has 0 radical (unpaired) electrons. The summed E-state index contributed by atoms with van der Waals surface area (Å²) in [4.78, 5) is 14.2. The van der Waals surface area contributed by atoms with Crippen molar-refractivity contribution in [1.29, 1.82) is 0 Å². The number of aryl methyl sites for hydroxylation is 1. The van der Waals surface area contributed by atoms with E-state index in [0.29, 0.717) is 0 Å². The van der Waals surface area contributed by atoms with Crippen LogP contribution in [0, 0.1) is 12.8 Å². The van der Waals surface area contributed by atoms with Gasteiger partial charge in [-0.2, -0.15) is 0 Å². The zero-order valence-corrected chi connectivity index (χ0v) is 15.9. The third-order valence-corrected chi connectivity index (χ3v) is 5.41. The molecule has 0 saturated carbocycles. The average Bonchev–Trinajstić information content (AvgIpc) is 3.28. The highest BCUT2D eigenvalue weighted by molar-refractivity contribution is 5.80. The van der Waals surface area contributed by atoms with Crippen LogP contribution in [0.25, 0.3) is 0 Å². The number of nitrogens with zero attached hydrogens (tertiary/aromatic N) is 4. The molecule has 2 aliphatic heterocycles. The lowest BCUT2D eigenvalue weighted by Crippen LogP contribution is -2.41. The SMILES string of the molecule is CCNC(=NCCc1ccncc1C)N1CCC(CN2CCCC2)C1. The maximum absolute atomic E-state index is 4.90. The standard InChI is InChI=1S/C20H33N5/c1-3-22-20(23-10-7-19-6-9-21-14-17(19)2)25-13-8-18(16-25)15-24-11-4-5-12-24/h6,9,14,18H,3-5,7-8,10-13,15-16H2,1-2H3,(H,22,23). The highest BCUT2D eigenvalue weighted by Gasteiger charge is 2.27. The van der Waals surface area contributed by atoms with Crippen molar-refractivity contribution in [3.63, 3.8) is 0 Å². The van der Waals surface area contributed by atoms with Gasteiger partial charge >= 0.3 is 0 Å². The van der Waals surface area contributed by atoms with E-state index in [-0.39, 0.29) is 0 Å². The molecule has 2 saturated heterocycles. The van der Waals surface area contributed by atoms with E-state index in [1.165, 1.54) is 50.0 Å². The number of rotatable bonds is 6. The Morgan fingerprint density at radius 2 is 2.16 bits per heavy atom. The third-order valence-electron chi connectivity index (χ3n) is 5.41. The summed E-state index contributed by atoms with van der Waals surface area (Å²) in [5, 5.41) is 3.49. The van der Waals surface area contributed by atoms with Crippen LogP contribution < -0.4 is 5.32 Å². The van der Waals surface area contributed by atoms with Gasteiger partial charge in [0.1, 0.15) is 0 Å². The molecule has 0 bridgehead atoms. The molecule has 1 unspecified atom stereocenters. The molecule has 138 valence electrons. The minimum atomic E-state index is 0.796. The lowest BCUT2D eigenvalue weighted by molar-refractivity contribution is 0.281. The van der Waals surface area contributed by atoms with E-state index in [2.05, 4.69) is 40.0 Å². The van der Waals surface area contributed by atoms with Crippen molar-refractivity contribution in [2.75, 3.05) is 45.8 Å². The Kier molecular flexibility index (Phi) is 6.68. The smallest absolute Gasteiger partial charge is 0.193 e. The zero-order chi connectivity index (χ0) is 17.5. The first-order valence-electron chi connectivity index (χ1n) is 9.91. The van der Waals surface area contributed by atoms with E-state index in [9.17, 15) is 0 Å². The summed E-state index contributed by atoms with van der Waals surface area (Å²) in [5.41, 5.74) is 2.61. The first-order valence-corrected chi connectivity index (χ1v) is 9.91. The molecule has 1 aromatic heterocycles. The second-order valence-electron chi connectivity index (χ2n) is 7.40. The van der Waals surface area contributed by atoms with Crippen LogP contribution in [0.2, 0.25) is 0 Å². The molecule has 2 aliphatic rings. The van der Waals surface area contributed by atoms with Crippen molar-refractivity contribution >= 4 is 5.96 Å². The molecule has 0 amide bonds. The first-order chi connectivity index (χ1) is 12.3.